The van der Waals surface area contributed by atoms with E-state index in [9.17, 15) is 0 Å². The Bertz CT molecular complexity index is 95.7. The maximum absolute atomic E-state index is 2.81. The predicted octanol–water partition coefficient (Wildman–Crippen LogP) is 2.24. The van der Waals surface area contributed by atoms with Crippen LogP contribution < -0.4 is 0 Å². The molecule has 1 nitrogen and oxygen atoms in total. The molecule has 0 bridgehead atoms. The van der Waals surface area contributed by atoms with Crippen LogP contribution >= 0.6 is 0 Å². The summed E-state index contributed by atoms with van der Waals surface area (Å²) in [4.78, 5) is 0. The van der Waals surface area contributed by atoms with Crippen LogP contribution in [0.25, 0.3) is 0 Å². The smallest absolute Gasteiger partial charge is 0.111 e. The normalized spacial score (nSPS) is 18.8. The molecule has 0 atom stereocenters. The summed E-state index contributed by atoms with van der Waals surface area (Å²) in [5, 5.41) is 0. The minimum absolute atomic E-state index is 0.318. The summed E-state index contributed by atoms with van der Waals surface area (Å²) >= 11 is 0. The maximum atomic E-state index is 2.81. The molecule has 11 heavy (non-hydrogen) atoms. The van der Waals surface area contributed by atoms with Crippen molar-refractivity contribution < 1.29 is 0 Å². The SMILES string of the molecule is CCCN(CCC)[SiH]1CCC1. The fourth-order valence-electron chi connectivity index (χ4n) is 1.80. The Labute approximate surface area is 72.5 Å². The highest BCUT2D eigenvalue weighted by Crippen LogP contribution is 2.23. The van der Waals surface area contributed by atoms with Crippen LogP contribution in [0.3, 0.4) is 0 Å². The van der Waals surface area contributed by atoms with E-state index in [1.807, 2.05) is 0 Å². The van der Waals surface area contributed by atoms with E-state index >= 15 is 0 Å². The zero-order valence-electron chi connectivity index (χ0n) is 7.97. The molecule has 0 aliphatic carbocycles. The van der Waals surface area contributed by atoms with Crippen LogP contribution in [-0.2, 0) is 0 Å². The standard InChI is InChI=1S/C9H21NSi/c1-3-6-10(7-4-2)11-8-5-9-11/h11H,3-9H2,1-2H3. The number of rotatable bonds is 5. The van der Waals surface area contributed by atoms with E-state index in [1.165, 1.54) is 32.4 Å². The minimum atomic E-state index is -0.318. The molecule has 0 N–H and O–H groups in total. The maximum Gasteiger partial charge on any atom is 0.111 e. The first-order chi connectivity index (χ1) is 5.38. The van der Waals surface area contributed by atoms with Gasteiger partial charge in [0.1, 0.15) is 8.96 Å². The van der Waals surface area contributed by atoms with E-state index < -0.39 is 0 Å². The lowest BCUT2D eigenvalue weighted by Crippen LogP contribution is -2.44. The van der Waals surface area contributed by atoms with Crippen molar-refractivity contribution in [3.63, 3.8) is 0 Å². The van der Waals surface area contributed by atoms with E-state index in [1.54, 1.807) is 12.1 Å². The summed E-state index contributed by atoms with van der Waals surface area (Å²) in [6.45, 7) is 7.36. The molecule has 0 amide bonds. The van der Waals surface area contributed by atoms with Crippen molar-refractivity contribution in [2.24, 2.45) is 0 Å². The van der Waals surface area contributed by atoms with E-state index in [-0.39, 0.29) is 8.96 Å². The monoisotopic (exact) mass is 171 g/mol. The first kappa shape index (κ1) is 9.27. The van der Waals surface area contributed by atoms with Gasteiger partial charge in [-0.05, 0) is 38.0 Å². The van der Waals surface area contributed by atoms with Crippen molar-refractivity contribution in [3.05, 3.63) is 0 Å². The van der Waals surface area contributed by atoms with E-state index in [2.05, 4.69) is 18.4 Å². The molecule has 0 spiro atoms. The Balaban J connectivity index is 2.19. The molecule has 0 aromatic heterocycles. The topological polar surface area (TPSA) is 3.24 Å². The number of nitrogens with zero attached hydrogens (tertiary/aromatic N) is 1. The van der Waals surface area contributed by atoms with Crippen LogP contribution in [0.1, 0.15) is 33.1 Å². The zero-order chi connectivity index (χ0) is 8.10. The van der Waals surface area contributed by atoms with E-state index in [0.29, 0.717) is 0 Å². The molecule has 1 saturated heterocycles. The Hall–Kier alpha value is 0.177. The molecule has 1 fully saturated rings. The Morgan fingerprint density at radius 3 is 1.91 bits per heavy atom. The van der Waals surface area contributed by atoms with Crippen LogP contribution in [0.4, 0.5) is 0 Å². The second kappa shape index (κ2) is 4.94. The molecule has 1 rings (SSSR count). The van der Waals surface area contributed by atoms with Gasteiger partial charge in [0.05, 0.1) is 0 Å². The molecular weight excluding hydrogens is 150 g/mol. The molecule has 2 heteroatoms. The highest BCUT2D eigenvalue weighted by Gasteiger charge is 2.24. The Kier molecular flexibility index (Phi) is 4.16. The van der Waals surface area contributed by atoms with Gasteiger partial charge < -0.3 is 4.57 Å². The molecular formula is C9H21NSi. The van der Waals surface area contributed by atoms with Gasteiger partial charge >= 0.3 is 0 Å². The lowest BCUT2D eigenvalue weighted by Gasteiger charge is -2.35. The summed E-state index contributed by atoms with van der Waals surface area (Å²) in [6.07, 6.45) is 4.23. The molecule has 1 aliphatic heterocycles. The fraction of sp³-hybridized carbons (Fsp3) is 1.00. The third-order valence-electron chi connectivity index (χ3n) is 2.61. The lowest BCUT2D eigenvalue weighted by atomic mass is 10.4. The molecule has 0 aromatic carbocycles. The Morgan fingerprint density at radius 2 is 1.64 bits per heavy atom. The van der Waals surface area contributed by atoms with Crippen molar-refractivity contribution in [1.29, 1.82) is 0 Å². The van der Waals surface area contributed by atoms with Gasteiger partial charge in [-0.15, -0.1) is 0 Å². The Morgan fingerprint density at radius 1 is 1.09 bits per heavy atom. The van der Waals surface area contributed by atoms with Crippen molar-refractivity contribution in [2.75, 3.05) is 13.1 Å². The van der Waals surface area contributed by atoms with Crippen molar-refractivity contribution >= 4 is 8.96 Å². The summed E-state index contributed by atoms with van der Waals surface area (Å²) in [7, 11) is -0.318. The molecule has 1 aliphatic rings. The number of hydrogen-bond donors (Lipinski definition) is 0. The second-order valence-electron chi connectivity index (χ2n) is 3.62. The highest BCUT2D eigenvalue weighted by molar-refractivity contribution is 6.58. The van der Waals surface area contributed by atoms with Crippen molar-refractivity contribution in [1.82, 2.24) is 4.57 Å². The molecule has 0 radical (unpaired) electrons. The van der Waals surface area contributed by atoms with Gasteiger partial charge in [0.25, 0.3) is 0 Å². The van der Waals surface area contributed by atoms with Crippen molar-refractivity contribution in [3.8, 4) is 0 Å². The van der Waals surface area contributed by atoms with Gasteiger partial charge in [0, 0.05) is 0 Å². The molecule has 0 unspecified atom stereocenters. The van der Waals surface area contributed by atoms with Crippen LogP contribution in [-0.4, -0.2) is 26.6 Å². The van der Waals surface area contributed by atoms with Gasteiger partial charge in [-0.3, -0.25) is 0 Å². The van der Waals surface area contributed by atoms with Crippen LogP contribution in [0.15, 0.2) is 0 Å². The quantitative estimate of drug-likeness (QED) is 0.573. The van der Waals surface area contributed by atoms with E-state index in [4.69, 9.17) is 0 Å². The van der Waals surface area contributed by atoms with Crippen LogP contribution in [0.5, 0.6) is 0 Å². The van der Waals surface area contributed by atoms with Gasteiger partial charge in [0.15, 0.2) is 0 Å². The van der Waals surface area contributed by atoms with Crippen molar-refractivity contribution in [2.45, 2.75) is 45.2 Å². The fourth-order valence-corrected chi connectivity index (χ4v) is 4.55. The van der Waals surface area contributed by atoms with Crippen LogP contribution in [0, 0.1) is 0 Å². The third kappa shape index (κ3) is 2.60. The molecule has 0 saturated carbocycles. The molecule has 1 heterocycles. The van der Waals surface area contributed by atoms with Gasteiger partial charge in [-0.25, -0.2) is 0 Å². The second-order valence-corrected chi connectivity index (χ2v) is 6.81. The highest BCUT2D eigenvalue weighted by atomic mass is 28.3. The summed E-state index contributed by atoms with van der Waals surface area (Å²) in [5.41, 5.74) is 0. The average Bonchev–Trinajstić information content (AvgIpc) is 1.85. The first-order valence-corrected chi connectivity index (χ1v) is 7.27. The summed E-state index contributed by atoms with van der Waals surface area (Å²) in [6, 6.07) is 3.19. The number of hydrogen-bond acceptors (Lipinski definition) is 1. The minimum Gasteiger partial charge on any atom is -0.326 e. The molecule has 66 valence electrons. The largest absolute Gasteiger partial charge is 0.326 e. The summed E-state index contributed by atoms with van der Waals surface area (Å²) < 4.78 is 2.81. The van der Waals surface area contributed by atoms with Crippen LogP contribution in [0.2, 0.25) is 12.1 Å². The van der Waals surface area contributed by atoms with E-state index in [0.717, 1.165) is 0 Å². The van der Waals surface area contributed by atoms with Gasteiger partial charge in [-0.2, -0.15) is 0 Å². The average molecular weight is 171 g/mol. The van der Waals surface area contributed by atoms with Gasteiger partial charge in [-0.1, -0.05) is 20.3 Å². The third-order valence-corrected chi connectivity index (χ3v) is 6.31. The molecule has 0 aromatic rings. The summed E-state index contributed by atoms with van der Waals surface area (Å²) in [5.74, 6) is 0. The van der Waals surface area contributed by atoms with Gasteiger partial charge in [0.2, 0.25) is 0 Å². The predicted molar refractivity (Wildman–Crippen MR) is 53.5 cm³/mol. The first-order valence-electron chi connectivity index (χ1n) is 5.12. The lowest BCUT2D eigenvalue weighted by molar-refractivity contribution is 0.415. The zero-order valence-corrected chi connectivity index (χ0v) is 9.13.